The molecule has 1 atom stereocenters. The van der Waals surface area contributed by atoms with Crippen LogP contribution in [0.25, 0.3) is 0 Å². The van der Waals surface area contributed by atoms with Gasteiger partial charge in [0.15, 0.2) is 11.5 Å². The normalized spacial score (nSPS) is 16.9. The van der Waals surface area contributed by atoms with Crippen LogP contribution in [0.1, 0.15) is 13.8 Å². The van der Waals surface area contributed by atoms with Crippen LogP contribution in [0.15, 0.2) is 18.2 Å². The van der Waals surface area contributed by atoms with Crippen molar-refractivity contribution in [3.05, 3.63) is 18.2 Å². The minimum atomic E-state index is -3.73. The minimum absolute atomic E-state index is 0.0380. The van der Waals surface area contributed by atoms with E-state index in [2.05, 4.69) is 4.72 Å². The second kappa shape index (κ2) is 7.32. The number of nitrogens with two attached hydrogens (primary N) is 1. The SMILES string of the molecule is CC.COc1cccc2c1OC(CNS(N)(=O)=O)CO2. The summed E-state index contributed by atoms with van der Waals surface area (Å²) in [5.74, 6) is 1.57. The maximum atomic E-state index is 10.8. The van der Waals surface area contributed by atoms with Crippen LogP contribution < -0.4 is 24.1 Å². The Morgan fingerprint density at radius 3 is 2.75 bits per heavy atom. The molecule has 0 spiro atoms. The molecule has 114 valence electrons. The molecule has 20 heavy (non-hydrogen) atoms. The van der Waals surface area contributed by atoms with Gasteiger partial charge in [-0.3, -0.25) is 0 Å². The predicted molar refractivity (Wildman–Crippen MR) is 75.4 cm³/mol. The lowest BCUT2D eigenvalue weighted by Gasteiger charge is -2.27. The Bertz CT molecular complexity index is 518. The number of ether oxygens (including phenoxy) is 3. The van der Waals surface area contributed by atoms with Crippen LogP contribution in [-0.4, -0.2) is 34.8 Å². The highest BCUT2D eigenvalue weighted by molar-refractivity contribution is 7.87. The third kappa shape index (κ3) is 4.55. The first-order valence-electron chi connectivity index (χ1n) is 6.23. The summed E-state index contributed by atoms with van der Waals surface area (Å²) in [6, 6.07) is 5.27. The van der Waals surface area contributed by atoms with E-state index >= 15 is 0 Å². The summed E-state index contributed by atoms with van der Waals surface area (Å²) < 4.78 is 40.0. The Morgan fingerprint density at radius 1 is 1.45 bits per heavy atom. The largest absolute Gasteiger partial charge is 0.493 e. The van der Waals surface area contributed by atoms with E-state index in [9.17, 15) is 8.42 Å². The second-order valence-corrected chi connectivity index (χ2v) is 5.11. The van der Waals surface area contributed by atoms with Crippen molar-refractivity contribution < 1.29 is 22.6 Å². The maximum absolute atomic E-state index is 10.8. The zero-order valence-corrected chi connectivity index (χ0v) is 12.6. The van der Waals surface area contributed by atoms with Gasteiger partial charge in [0, 0.05) is 0 Å². The molecular weight excluding hydrogens is 284 g/mol. The number of para-hydroxylation sites is 1. The lowest BCUT2D eigenvalue weighted by atomic mass is 10.2. The van der Waals surface area contributed by atoms with Gasteiger partial charge in [0.1, 0.15) is 12.7 Å². The smallest absolute Gasteiger partial charge is 0.274 e. The van der Waals surface area contributed by atoms with Gasteiger partial charge in [-0.15, -0.1) is 0 Å². The molecule has 0 fully saturated rings. The fourth-order valence-electron chi connectivity index (χ4n) is 1.58. The Hall–Kier alpha value is -1.51. The molecule has 0 saturated carbocycles. The lowest BCUT2D eigenvalue weighted by molar-refractivity contribution is 0.0902. The molecule has 1 aromatic rings. The van der Waals surface area contributed by atoms with Gasteiger partial charge in [0.2, 0.25) is 5.75 Å². The predicted octanol–water partition coefficient (Wildman–Crippen LogP) is 0.654. The highest BCUT2D eigenvalue weighted by Gasteiger charge is 2.24. The van der Waals surface area contributed by atoms with Crippen molar-refractivity contribution in [2.75, 3.05) is 20.3 Å². The van der Waals surface area contributed by atoms with Crippen molar-refractivity contribution in [2.24, 2.45) is 5.14 Å². The van der Waals surface area contributed by atoms with Crippen molar-refractivity contribution in [3.63, 3.8) is 0 Å². The van der Waals surface area contributed by atoms with Gasteiger partial charge in [0.05, 0.1) is 13.7 Å². The molecule has 7 nitrogen and oxygen atoms in total. The molecule has 0 aliphatic carbocycles. The highest BCUT2D eigenvalue weighted by Crippen LogP contribution is 2.39. The summed E-state index contributed by atoms with van der Waals surface area (Å²) in [5.41, 5.74) is 0. The van der Waals surface area contributed by atoms with E-state index in [1.54, 1.807) is 18.2 Å². The fraction of sp³-hybridized carbons (Fsp3) is 0.500. The second-order valence-electron chi connectivity index (χ2n) is 3.73. The topological polar surface area (TPSA) is 99.9 Å². The number of hydrogen-bond acceptors (Lipinski definition) is 5. The third-order valence-corrected chi connectivity index (χ3v) is 2.95. The van der Waals surface area contributed by atoms with Crippen LogP contribution in [0.5, 0.6) is 17.2 Å². The summed E-state index contributed by atoms with van der Waals surface area (Å²) in [4.78, 5) is 0. The first kappa shape index (κ1) is 16.5. The molecule has 1 aliphatic heterocycles. The van der Waals surface area contributed by atoms with Crippen LogP contribution in [0.3, 0.4) is 0 Å². The van der Waals surface area contributed by atoms with E-state index in [0.717, 1.165) is 0 Å². The van der Waals surface area contributed by atoms with Gasteiger partial charge in [-0.2, -0.15) is 13.1 Å². The zero-order valence-electron chi connectivity index (χ0n) is 11.8. The van der Waals surface area contributed by atoms with Crippen molar-refractivity contribution in [1.29, 1.82) is 0 Å². The molecule has 1 aliphatic rings. The lowest BCUT2D eigenvalue weighted by Crippen LogP contribution is -2.43. The van der Waals surface area contributed by atoms with E-state index in [4.69, 9.17) is 19.3 Å². The van der Waals surface area contributed by atoms with E-state index in [-0.39, 0.29) is 13.2 Å². The monoisotopic (exact) mass is 304 g/mol. The summed E-state index contributed by atoms with van der Waals surface area (Å²) in [5, 5.41) is 4.84. The summed E-state index contributed by atoms with van der Waals surface area (Å²) in [6.45, 7) is 4.28. The van der Waals surface area contributed by atoms with Crippen molar-refractivity contribution in [1.82, 2.24) is 4.72 Å². The van der Waals surface area contributed by atoms with Gasteiger partial charge in [-0.1, -0.05) is 19.9 Å². The van der Waals surface area contributed by atoms with Gasteiger partial charge in [-0.05, 0) is 12.1 Å². The molecule has 3 N–H and O–H groups in total. The zero-order chi connectivity index (χ0) is 15.2. The molecule has 0 amide bonds. The van der Waals surface area contributed by atoms with Crippen molar-refractivity contribution in [3.8, 4) is 17.2 Å². The maximum Gasteiger partial charge on any atom is 0.274 e. The molecule has 0 saturated heterocycles. The molecule has 8 heteroatoms. The number of rotatable bonds is 4. The molecule has 2 rings (SSSR count). The Labute approximate surface area is 119 Å². The Balaban J connectivity index is 0.000000956. The van der Waals surface area contributed by atoms with Crippen molar-refractivity contribution in [2.45, 2.75) is 20.0 Å². The highest BCUT2D eigenvalue weighted by atomic mass is 32.2. The van der Waals surface area contributed by atoms with Gasteiger partial charge >= 0.3 is 0 Å². The van der Waals surface area contributed by atoms with Gasteiger partial charge < -0.3 is 14.2 Å². The standard InChI is InChI=1S/C10H14N2O5S.C2H6/c1-15-8-3-2-4-9-10(8)17-7(6-16-9)5-12-18(11,13)14;1-2/h2-4,7,12H,5-6H2,1H3,(H2,11,13,14);1-2H3. The van der Waals surface area contributed by atoms with Gasteiger partial charge in [0.25, 0.3) is 10.2 Å². The average molecular weight is 304 g/mol. The molecule has 0 bridgehead atoms. The number of methoxy groups -OCH3 is 1. The molecule has 1 aromatic carbocycles. The van der Waals surface area contributed by atoms with Crippen LogP contribution in [0.2, 0.25) is 0 Å². The summed E-state index contributed by atoms with van der Waals surface area (Å²) in [7, 11) is -2.21. The first-order chi connectivity index (χ1) is 9.49. The van der Waals surface area contributed by atoms with E-state index in [0.29, 0.717) is 17.2 Å². The Morgan fingerprint density at radius 2 is 2.15 bits per heavy atom. The fourth-order valence-corrected chi connectivity index (χ4v) is 2.00. The van der Waals surface area contributed by atoms with Crippen molar-refractivity contribution >= 4 is 10.2 Å². The van der Waals surface area contributed by atoms with Crippen LogP contribution >= 0.6 is 0 Å². The quantitative estimate of drug-likeness (QED) is 0.851. The number of nitrogens with one attached hydrogen (secondary N) is 1. The van der Waals surface area contributed by atoms with Crippen LogP contribution in [0.4, 0.5) is 0 Å². The third-order valence-electron chi connectivity index (χ3n) is 2.38. The molecular formula is C12H20N2O5S. The van der Waals surface area contributed by atoms with Gasteiger partial charge in [-0.25, -0.2) is 5.14 Å². The number of hydrogen-bond donors (Lipinski definition) is 2. The molecule has 0 radical (unpaired) electrons. The van der Waals surface area contributed by atoms with E-state index in [1.807, 2.05) is 13.8 Å². The van der Waals surface area contributed by atoms with E-state index < -0.39 is 16.3 Å². The minimum Gasteiger partial charge on any atom is -0.493 e. The average Bonchev–Trinajstić information content (AvgIpc) is 2.45. The van der Waals surface area contributed by atoms with Crippen LogP contribution in [0, 0.1) is 0 Å². The number of benzene rings is 1. The van der Waals surface area contributed by atoms with E-state index in [1.165, 1.54) is 7.11 Å². The first-order valence-corrected chi connectivity index (χ1v) is 7.78. The number of fused-ring (bicyclic) bond motifs is 1. The molecule has 0 aromatic heterocycles. The summed E-state index contributed by atoms with van der Waals surface area (Å²) in [6.07, 6.45) is -0.452. The molecule has 1 unspecified atom stereocenters. The Kier molecular flexibility index (Phi) is 6.05. The van der Waals surface area contributed by atoms with Crippen LogP contribution in [-0.2, 0) is 10.2 Å². The summed E-state index contributed by atoms with van der Waals surface area (Å²) >= 11 is 0. The molecule has 1 heterocycles.